The molecule has 0 bridgehead atoms. The largest absolute Gasteiger partial charge is 0.504 e. The quantitative estimate of drug-likeness (QED) is 0.704. The summed E-state index contributed by atoms with van der Waals surface area (Å²) in [6.45, 7) is 0.253. The molecular formula is C10H11N3O2. The van der Waals surface area contributed by atoms with Gasteiger partial charge in [-0.2, -0.15) is 5.10 Å². The number of nitrogens with zero attached hydrogens (tertiary/aromatic N) is 1. The molecule has 5 nitrogen and oxygen atoms in total. The van der Waals surface area contributed by atoms with Crippen molar-refractivity contribution in [1.82, 2.24) is 10.2 Å². The molecule has 15 heavy (non-hydrogen) atoms. The molecule has 0 amide bonds. The third-order valence-corrected chi connectivity index (χ3v) is 1.99. The van der Waals surface area contributed by atoms with Crippen molar-refractivity contribution >= 4 is 5.69 Å². The highest BCUT2D eigenvalue weighted by molar-refractivity contribution is 5.41. The first-order chi connectivity index (χ1) is 7.27. The molecule has 1 aromatic heterocycles. The van der Waals surface area contributed by atoms with Gasteiger partial charge in [0.2, 0.25) is 0 Å². The van der Waals surface area contributed by atoms with Crippen LogP contribution in [0.1, 0.15) is 5.69 Å². The molecule has 0 spiro atoms. The Morgan fingerprint density at radius 3 is 2.87 bits per heavy atom. The number of aromatic nitrogens is 2. The van der Waals surface area contributed by atoms with Gasteiger partial charge in [0.05, 0.1) is 17.6 Å². The fraction of sp³-hybridized carbons (Fsp3) is 0.100. The first-order valence-corrected chi connectivity index (χ1v) is 4.46. The highest BCUT2D eigenvalue weighted by atomic mass is 16.5. The van der Waals surface area contributed by atoms with Crippen molar-refractivity contribution in [3.63, 3.8) is 0 Å². The normalized spacial score (nSPS) is 10.1. The predicted octanol–water partition coefficient (Wildman–Crippen LogP) is 1.28. The Morgan fingerprint density at radius 1 is 1.40 bits per heavy atom. The lowest BCUT2D eigenvalue weighted by molar-refractivity contribution is 0.285. The predicted molar refractivity (Wildman–Crippen MR) is 55.4 cm³/mol. The minimum atomic E-state index is 0.107. The maximum atomic E-state index is 9.43. The third kappa shape index (κ3) is 2.01. The van der Waals surface area contributed by atoms with Crippen LogP contribution in [0, 0.1) is 0 Å². The molecule has 2 aromatic rings. The van der Waals surface area contributed by atoms with Crippen molar-refractivity contribution in [3.05, 3.63) is 36.2 Å². The molecule has 0 atom stereocenters. The minimum absolute atomic E-state index is 0.107. The highest BCUT2D eigenvalue weighted by Crippen LogP contribution is 2.25. The van der Waals surface area contributed by atoms with E-state index < -0.39 is 0 Å². The van der Waals surface area contributed by atoms with E-state index in [1.54, 1.807) is 24.3 Å². The lowest BCUT2D eigenvalue weighted by Gasteiger charge is -2.06. The van der Waals surface area contributed by atoms with Crippen LogP contribution in [0.25, 0.3) is 0 Å². The van der Waals surface area contributed by atoms with Gasteiger partial charge in [-0.3, -0.25) is 5.10 Å². The molecule has 5 heteroatoms. The van der Waals surface area contributed by atoms with Crippen molar-refractivity contribution < 1.29 is 9.84 Å². The summed E-state index contributed by atoms with van der Waals surface area (Å²) in [7, 11) is 0. The van der Waals surface area contributed by atoms with Crippen LogP contribution >= 0.6 is 0 Å². The van der Waals surface area contributed by atoms with Crippen molar-refractivity contribution in [3.8, 4) is 11.5 Å². The molecule has 0 saturated heterocycles. The lowest BCUT2D eigenvalue weighted by Crippen LogP contribution is -1.99. The fourth-order valence-electron chi connectivity index (χ4n) is 1.17. The Morgan fingerprint density at radius 2 is 2.20 bits per heavy atom. The van der Waals surface area contributed by atoms with Crippen LogP contribution in [0.5, 0.6) is 11.5 Å². The van der Waals surface area contributed by atoms with Gasteiger partial charge in [0.1, 0.15) is 6.61 Å². The van der Waals surface area contributed by atoms with E-state index >= 15 is 0 Å². The number of nitrogens with one attached hydrogen (secondary N) is 1. The maximum absolute atomic E-state index is 9.43. The number of nitrogens with two attached hydrogens (primary N) is 1. The molecule has 1 heterocycles. The number of nitrogen functional groups attached to an aromatic ring is 1. The van der Waals surface area contributed by atoms with Gasteiger partial charge in [0.15, 0.2) is 11.5 Å². The van der Waals surface area contributed by atoms with Crippen molar-refractivity contribution in [2.45, 2.75) is 6.61 Å². The Labute approximate surface area is 86.5 Å². The minimum Gasteiger partial charge on any atom is -0.504 e. The molecule has 0 radical (unpaired) electrons. The molecule has 0 aliphatic rings. The Bertz CT molecular complexity index is 453. The van der Waals surface area contributed by atoms with Gasteiger partial charge in [-0.25, -0.2) is 0 Å². The van der Waals surface area contributed by atoms with Crippen LogP contribution in [0.4, 0.5) is 5.69 Å². The number of aromatic amines is 1. The Balaban J connectivity index is 2.06. The number of H-pyrrole nitrogens is 1. The van der Waals surface area contributed by atoms with E-state index in [4.69, 9.17) is 10.5 Å². The zero-order chi connectivity index (χ0) is 10.7. The molecule has 0 aliphatic carbocycles. The summed E-state index contributed by atoms with van der Waals surface area (Å²) in [5.41, 5.74) is 6.85. The second kappa shape index (κ2) is 3.91. The summed E-state index contributed by atoms with van der Waals surface area (Å²) >= 11 is 0. The van der Waals surface area contributed by atoms with Crippen molar-refractivity contribution in [1.29, 1.82) is 0 Å². The molecule has 0 saturated carbocycles. The summed E-state index contributed by atoms with van der Waals surface area (Å²) < 4.78 is 5.36. The van der Waals surface area contributed by atoms with E-state index in [2.05, 4.69) is 10.2 Å². The number of hydrogen-bond donors (Lipinski definition) is 3. The van der Waals surface area contributed by atoms with Crippen molar-refractivity contribution in [2.24, 2.45) is 0 Å². The average molecular weight is 205 g/mol. The summed E-state index contributed by atoms with van der Waals surface area (Å²) in [5.74, 6) is 0.530. The molecule has 0 fully saturated rings. The molecule has 2 rings (SSSR count). The van der Waals surface area contributed by atoms with E-state index in [1.165, 1.54) is 6.20 Å². The highest BCUT2D eigenvalue weighted by Gasteiger charge is 2.04. The molecule has 0 unspecified atom stereocenters. The van der Waals surface area contributed by atoms with Gasteiger partial charge < -0.3 is 15.6 Å². The Hall–Kier alpha value is -2.17. The first kappa shape index (κ1) is 9.39. The second-order valence-corrected chi connectivity index (χ2v) is 3.06. The second-order valence-electron chi connectivity index (χ2n) is 3.06. The van der Waals surface area contributed by atoms with E-state index in [9.17, 15) is 5.11 Å². The number of anilines is 1. The molecule has 0 aliphatic heterocycles. The zero-order valence-corrected chi connectivity index (χ0v) is 7.97. The first-order valence-electron chi connectivity index (χ1n) is 4.46. The lowest BCUT2D eigenvalue weighted by atomic mass is 10.3. The van der Waals surface area contributed by atoms with Gasteiger partial charge in [0.25, 0.3) is 0 Å². The number of phenolic OH excluding ortho intramolecular Hbond substituents is 1. The number of rotatable bonds is 3. The third-order valence-electron chi connectivity index (χ3n) is 1.99. The van der Waals surface area contributed by atoms with Crippen LogP contribution in [-0.4, -0.2) is 15.3 Å². The van der Waals surface area contributed by atoms with Crippen LogP contribution in [0.15, 0.2) is 30.5 Å². The number of phenols is 1. The standard InChI is InChI=1S/C10H11N3O2/c11-7-5-12-13-8(7)6-15-10-4-2-1-3-9(10)14/h1-5,14H,6,11H2,(H,12,13). The van der Waals surface area contributed by atoms with Gasteiger partial charge in [-0.15, -0.1) is 0 Å². The summed E-state index contributed by atoms with van der Waals surface area (Å²) in [6.07, 6.45) is 1.52. The summed E-state index contributed by atoms with van der Waals surface area (Å²) in [4.78, 5) is 0. The number of ether oxygens (including phenoxy) is 1. The van der Waals surface area contributed by atoms with Crippen molar-refractivity contribution in [2.75, 3.05) is 5.73 Å². The van der Waals surface area contributed by atoms with Gasteiger partial charge in [0, 0.05) is 0 Å². The number of aromatic hydroxyl groups is 1. The maximum Gasteiger partial charge on any atom is 0.161 e. The number of para-hydroxylation sites is 2. The smallest absolute Gasteiger partial charge is 0.161 e. The van der Waals surface area contributed by atoms with E-state index in [0.29, 0.717) is 17.1 Å². The molecule has 78 valence electrons. The van der Waals surface area contributed by atoms with E-state index in [1.807, 2.05) is 0 Å². The zero-order valence-electron chi connectivity index (χ0n) is 7.97. The fourth-order valence-corrected chi connectivity index (χ4v) is 1.17. The van der Waals surface area contributed by atoms with Gasteiger partial charge >= 0.3 is 0 Å². The van der Waals surface area contributed by atoms with Crippen LogP contribution < -0.4 is 10.5 Å². The monoisotopic (exact) mass is 205 g/mol. The summed E-state index contributed by atoms with van der Waals surface area (Å²) in [5, 5.41) is 15.9. The summed E-state index contributed by atoms with van der Waals surface area (Å²) in [6, 6.07) is 6.76. The molecule has 1 aromatic carbocycles. The van der Waals surface area contributed by atoms with E-state index in [-0.39, 0.29) is 12.4 Å². The van der Waals surface area contributed by atoms with Crippen LogP contribution in [0.3, 0.4) is 0 Å². The average Bonchev–Trinajstić information content (AvgIpc) is 2.63. The Kier molecular flexibility index (Phi) is 2.45. The number of hydrogen-bond acceptors (Lipinski definition) is 4. The van der Waals surface area contributed by atoms with Crippen LogP contribution in [0.2, 0.25) is 0 Å². The number of benzene rings is 1. The van der Waals surface area contributed by atoms with E-state index in [0.717, 1.165) is 0 Å². The topological polar surface area (TPSA) is 84.2 Å². The van der Waals surface area contributed by atoms with Gasteiger partial charge in [-0.05, 0) is 12.1 Å². The SMILES string of the molecule is Nc1cn[nH]c1COc1ccccc1O. The van der Waals surface area contributed by atoms with Gasteiger partial charge in [-0.1, -0.05) is 12.1 Å². The van der Waals surface area contributed by atoms with Crippen LogP contribution in [-0.2, 0) is 6.61 Å². The molecule has 4 N–H and O–H groups in total. The molecular weight excluding hydrogens is 194 g/mol.